The smallest absolute Gasteiger partial charge is 0.303 e. The summed E-state index contributed by atoms with van der Waals surface area (Å²) < 4.78 is 0. The van der Waals surface area contributed by atoms with Crippen molar-refractivity contribution in [1.82, 2.24) is 4.98 Å². The van der Waals surface area contributed by atoms with Gasteiger partial charge in [0, 0.05) is 18.7 Å². The summed E-state index contributed by atoms with van der Waals surface area (Å²) in [6.45, 7) is 2.50. The predicted octanol–water partition coefficient (Wildman–Crippen LogP) is 2.35. The minimum atomic E-state index is -0.791. The summed E-state index contributed by atoms with van der Waals surface area (Å²) in [6, 6.07) is 4.08. The maximum atomic E-state index is 10.8. The van der Waals surface area contributed by atoms with Crippen molar-refractivity contribution in [3.05, 3.63) is 22.9 Å². The summed E-state index contributed by atoms with van der Waals surface area (Å²) >= 11 is 0. The molecule has 1 heterocycles. The number of nitrogens with zero attached hydrogens (tertiary/aromatic N) is 2. The zero-order valence-electron chi connectivity index (χ0n) is 11.6. The van der Waals surface area contributed by atoms with E-state index in [4.69, 9.17) is 5.11 Å². The van der Waals surface area contributed by atoms with E-state index in [0.29, 0.717) is 17.9 Å². The summed E-state index contributed by atoms with van der Waals surface area (Å²) in [5, 5.41) is 21.2. The summed E-state index contributed by atoms with van der Waals surface area (Å²) in [5.74, 6) is -0.146. The first-order chi connectivity index (χ1) is 9.63. The number of anilines is 1. The van der Waals surface area contributed by atoms with Crippen molar-refractivity contribution in [2.45, 2.75) is 39.0 Å². The van der Waals surface area contributed by atoms with Crippen molar-refractivity contribution in [3.63, 3.8) is 0 Å². The van der Waals surface area contributed by atoms with Crippen molar-refractivity contribution in [2.24, 2.45) is 5.92 Å². The van der Waals surface area contributed by atoms with Gasteiger partial charge in [0.2, 0.25) is 0 Å². The Bertz CT molecular complexity index is 549. The average molecular weight is 273 g/mol. The van der Waals surface area contributed by atoms with Gasteiger partial charge in [-0.2, -0.15) is 5.26 Å². The van der Waals surface area contributed by atoms with E-state index < -0.39 is 5.97 Å². The minimum absolute atomic E-state index is 0.0501. The second kappa shape index (κ2) is 6.38. The largest absolute Gasteiger partial charge is 0.481 e. The minimum Gasteiger partial charge on any atom is -0.481 e. The SMILES string of the molecule is CCC(CNc1nc2c(cc1C#N)CCC2)CC(=O)O. The number of pyridine rings is 1. The molecule has 5 heteroatoms. The molecule has 20 heavy (non-hydrogen) atoms. The highest BCUT2D eigenvalue weighted by Crippen LogP contribution is 2.25. The molecule has 0 spiro atoms. The number of aromatic nitrogens is 1. The molecule has 0 aromatic carbocycles. The zero-order valence-corrected chi connectivity index (χ0v) is 11.6. The lowest BCUT2D eigenvalue weighted by Gasteiger charge is -2.15. The van der Waals surface area contributed by atoms with E-state index in [1.165, 1.54) is 5.56 Å². The number of rotatable bonds is 6. The molecule has 0 saturated carbocycles. The fourth-order valence-corrected chi connectivity index (χ4v) is 2.54. The third-order valence-electron chi connectivity index (χ3n) is 3.77. The highest BCUT2D eigenvalue weighted by molar-refractivity contribution is 5.67. The van der Waals surface area contributed by atoms with Gasteiger partial charge in [-0.05, 0) is 36.8 Å². The number of nitrogens with one attached hydrogen (secondary N) is 1. The fourth-order valence-electron chi connectivity index (χ4n) is 2.54. The molecule has 2 rings (SSSR count). The van der Waals surface area contributed by atoms with Gasteiger partial charge in [0.25, 0.3) is 0 Å². The maximum Gasteiger partial charge on any atom is 0.303 e. The molecule has 0 amide bonds. The summed E-state index contributed by atoms with van der Waals surface area (Å²) in [5.41, 5.74) is 2.79. The Balaban J connectivity index is 2.09. The summed E-state index contributed by atoms with van der Waals surface area (Å²) in [7, 11) is 0. The molecule has 1 aromatic rings. The van der Waals surface area contributed by atoms with Gasteiger partial charge in [-0.25, -0.2) is 4.98 Å². The van der Waals surface area contributed by atoms with E-state index >= 15 is 0 Å². The first-order valence-corrected chi connectivity index (χ1v) is 7.02. The first kappa shape index (κ1) is 14.3. The van der Waals surface area contributed by atoms with Crippen molar-refractivity contribution >= 4 is 11.8 Å². The number of aliphatic carboxylic acids is 1. The molecule has 0 radical (unpaired) electrons. The van der Waals surface area contributed by atoms with Gasteiger partial charge in [0.1, 0.15) is 11.9 Å². The molecule has 5 nitrogen and oxygen atoms in total. The Hall–Kier alpha value is -2.09. The van der Waals surface area contributed by atoms with Gasteiger partial charge in [-0.15, -0.1) is 0 Å². The van der Waals surface area contributed by atoms with Crippen LogP contribution < -0.4 is 5.32 Å². The zero-order chi connectivity index (χ0) is 14.5. The topological polar surface area (TPSA) is 86.0 Å². The van der Waals surface area contributed by atoms with Gasteiger partial charge in [0.05, 0.1) is 5.56 Å². The molecule has 0 saturated heterocycles. The quantitative estimate of drug-likeness (QED) is 0.831. The molecule has 0 bridgehead atoms. The molecular formula is C15H19N3O2. The van der Waals surface area contributed by atoms with Gasteiger partial charge >= 0.3 is 5.97 Å². The normalized spacial score (nSPS) is 14.4. The van der Waals surface area contributed by atoms with Gasteiger partial charge in [-0.3, -0.25) is 4.79 Å². The van der Waals surface area contributed by atoms with Crippen LogP contribution in [0.15, 0.2) is 6.07 Å². The van der Waals surface area contributed by atoms with Crippen molar-refractivity contribution in [1.29, 1.82) is 5.26 Å². The van der Waals surface area contributed by atoms with E-state index in [0.717, 1.165) is 31.4 Å². The number of hydrogen-bond acceptors (Lipinski definition) is 4. The number of carboxylic acids is 1. The van der Waals surface area contributed by atoms with Gasteiger partial charge in [-0.1, -0.05) is 13.3 Å². The van der Waals surface area contributed by atoms with E-state index in [1.807, 2.05) is 13.0 Å². The van der Waals surface area contributed by atoms with Crippen LogP contribution in [0.4, 0.5) is 5.82 Å². The maximum absolute atomic E-state index is 10.8. The first-order valence-electron chi connectivity index (χ1n) is 7.02. The van der Waals surface area contributed by atoms with Crippen LogP contribution in [0, 0.1) is 17.2 Å². The highest BCUT2D eigenvalue weighted by Gasteiger charge is 2.17. The van der Waals surface area contributed by atoms with Crippen LogP contribution in [0.2, 0.25) is 0 Å². The Kier molecular flexibility index (Phi) is 4.57. The van der Waals surface area contributed by atoms with Crippen molar-refractivity contribution < 1.29 is 9.90 Å². The van der Waals surface area contributed by atoms with Crippen LogP contribution in [0.25, 0.3) is 0 Å². The number of aryl methyl sites for hydroxylation is 2. The molecule has 1 aliphatic rings. The number of hydrogen-bond donors (Lipinski definition) is 2. The molecule has 0 fully saturated rings. The van der Waals surface area contributed by atoms with E-state index in [2.05, 4.69) is 16.4 Å². The standard InChI is InChI=1S/C15H19N3O2/c1-2-10(6-14(19)20)9-17-15-12(8-16)7-11-4-3-5-13(11)18-15/h7,10H,2-6,9H2,1H3,(H,17,18)(H,19,20). The van der Waals surface area contributed by atoms with Gasteiger partial charge in [0.15, 0.2) is 0 Å². The van der Waals surface area contributed by atoms with Crippen molar-refractivity contribution in [2.75, 3.05) is 11.9 Å². The predicted molar refractivity (Wildman–Crippen MR) is 75.5 cm³/mol. The molecule has 1 aliphatic carbocycles. The van der Waals surface area contributed by atoms with Crippen LogP contribution in [-0.2, 0) is 17.6 Å². The van der Waals surface area contributed by atoms with Crippen LogP contribution >= 0.6 is 0 Å². The molecule has 1 aromatic heterocycles. The average Bonchev–Trinajstić information content (AvgIpc) is 2.88. The summed E-state index contributed by atoms with van der Waals surface area (Å²) in [6.07, 6.45) is 3.96. The fraction of sp³-hybridized carbons (Fsp3) is 0.533. The van der Waals surface area contributed by atoms with E-state index in [1.54, 1.807) is 0 Å². The lowest BCUT2D eigenvalue weighted by Crippen LogP contribution is -2.18. The molecular weight excluding hydrogens is 254 g/mol. The summed E-state index contributed by atoms with van der Waals surface area (Å²) in [4.78, 5) is 15.3. The lowest BCUT2D eigenvalue weighted by atomic mass is 10.0. The third-order valence-corrected chi connectivity index (χ3v) is 3.77. The van der Waals surface area contributed by atoms with Crippen LogP contribution in [0.1, 0.15) is 43.0 Å². The lowest BCUT2D eigenvalue weighted by molar-refractivity contribution is -0.138. The third kappa shape index (κ3) is 3.27. The second-order valence-electron chi connectivity index (χ2n) is 5.21. The monoisotopic (exact) mass is 273 g/mol. The second-order valence-corrected chi connectivity index (χ2v) is 5.21. The number of fused-ring (bicyclic) bond motifs is 1. The Morgan fingerprint density at radius 3 is 3.05 bits per heavy atom. The van der Waals surface area contributed by atoms with E-state index in [9.17, 15) is 10.1 Å². The van der Waals surface area contributed by atoms with E-state index in [-0.39, 0.29) is 12.3 Å². The Morgan fingerprint density at radius 2 is 2.40 bits per heavy atom. The Morgan fingerprint density at radius 1 is 1.60 bits per heavy atom. The number of carboxylic acid groups (broad SMARTS) is 1. The van der Waals surface area contributed by atoms with Crippen LogP contribution in [0.5, 0.6) is 0 Å². The Labute approximate surface area is 118 Å². The molecule has 2 N–H and O–H groups in total. The highest BCUT2D eigenvalue weighted by atomic mass is 16.4. The van der Waals surface area contributed by atoms with Crippen LogP contribution in [-0.4, -0.2) is 22.6 Å². The molecule has 0 aliphatic heterocycles. The number of carbonyl (C=O) groups is 1. The van der Waals surface area contributed by atoms with Crippen molar-refractivity contribution in [3.8, 4) is 6.07 Å². The molecule has 106 valence electrons. The molecule has 1 unspecified atom stereocenters. The molecule has 1 atom stereocenters. The number of nitriles is 1. The van der Waals surface area contributed by atoms with Gasteiger partial charge < -0.3 is 10.4 Å². The van der Waals surface area contributed by atoms with Crippen LogP contribution in [0.3, 0.4) is 0 Å².